The monoisotopic (exact) mass is 293 g/mol. The second kappa shape index (κ2) is 4.40. The minimum absolute atomic E-state index is 0.280. The van der Waals surface area contributed by atoms with Crippen molar-refractivity contribution >= 4 is 28.6 Å². The predicted molar refractivity (Wildman–Crippen MR) is 54.8 cm³/mol. The van der Waals surface area contributed by atoms with Gasteiger partial charge in [0.05, 0.1) is 14.2 Å². The summed E-state index contributed by atoms with van der Waals surface area (Å²) >= 11 is 2.01. The summed E-state index contributed by atoms with van der Waals surface area (Å²) in [5.74, 6) is -0.0517. The molecule has 0 atom stereocenters. The summed E-state index contributed by atoms with van der Waals surface area (Å²) < 4.78 is 10.2. The molecule has 4 nitrogen and oxygen atoms in total. The van der Waals surface area contributed by atoms with Crippen molar-refractivity contribution in [2.75, 3.05) is 14.2 Å². The molecular formula is C8H8INO3. The molecule has 0 spiro atoms. The van der Waals surface area contributed by atoms with Gasteiger partial charge in [0, 0.05) is 9.64 Å². The summed E-state index contributed by atoms with van der Waals surface area (Å²) in [7, 11) is 2.82. The smallest absolute Gasteiger partial charge is 0.357 e. The molecule has 0 amide bonds. The van der Waals surface area contributed by atoms with Gasteiger partial charge in [-0.25, -0.2) is 9.78 Å². The molecule has 70 valence electrons. The number of ether oxygens (including phenoxy) is 2. The molecule has 0 bridgehead atoms. The third-order valence-electron chi connectivity index (χ3n) is 1.41. The van der Waals surface area contributed by atoms with Crippen LogP contribution in [0.2, 0.25) is 0 Å². The Morgan fingerprint density at radius 1 is 1.46 bits per heavy atom. The molecule has 0 fully saturated rings. The fourth-order valence-corrected chi connectivity index (χ4v) is 1.30. The first-order chi connectivity index (χ1) is 6.19. The van der Waals surface area contributed by atoms with E-state index < -0.39 is 5.97 Å². The summed E-state index contributed by atoms with van der Waals surface area (Å²) in [5, 5.41) is 0. The van der Waals surface area contributed by atoms with E-state index in [-0.39, 0.29) is 5.69 Å². The molecule has 1 heterocycles. The molecular weight excluding hydrogens is 285 g/mol. The first-order valence-corrected chi connectivity index (χ1v) is 4.55. The molecule has 0 saturated heterocycles. The Kier molecular flexibility index (Phi) is 3.47. The van der Waals surface area contributed by atoms with Gasteiger partial charge in [0.25, 0.3) is 0 Å². The fraction of sp³-hybridized carbons (Fsp3) is 0.250. The summed E-state index contributed by atoms with van der Waals surface area (Å²) in [6.07, 6.45) is 0. The van der Waals surface area contributed by atoms with Gasteiger partial charge in [-0.15, -0.1) is 0 Å². The summed E-state index contributed by atoms with van der Waals surface area (Å²) in [6, 6.07) is 3.44. The van der Waals surface area contributed by atoms with Gasteiger partial charge in [-0.05, 0) is 28.7 Å². The highest BCUT2D eigenvalue weighted by atomic mass is 127. The SMILES string of the molecule is COC(=O)c1nc(OC)ccc1I. The predicted octanol–water partition coefficient (Wildman–Crippen LogP) is 1.48. The van der Waals surface area contributed by atoms with E-state index in [1.807, 2.05) is 22.6 Å². The van der Waals surface area contributed by atoms with Crippen molar-refractivity contribution in [3.63, 3.8) is 0 Å². The third kappa shape index (κ3) is 2.30. The molecule has 0 radical (unpaired) electrons. The summed E-state index contributed by atoms with van der Waals surface area (Å²) in [5.41, 5.74) is 0.280. The number of halogens is 1. The number of pyridine rings is 1. The number of esters is 1. The number of carbonyl (C=O) groups excluding carboxylic acids is 1. The van der Waals surface area contributed by atoms with Crippen LogP contribution in [0.4, 0.5) is 0 Å². The summed E-state index contributed by atoms with van der Waals surface area (Å²) in [6.45, 7) is 0. The normalized spacial score (nSPS) is 9.46. The number of methoxy groups -OCH3 is 2. The Bertz CT molecular complexity index is 327. The number of hydrogen-bond donors (Lipinski definition) is 0. The molecule has 0 N–H and O–H groups in total. The van der Waals surface area contributed by atoms with Crippen LogP contribution < -0.4 is 4.74 Å². The van der Waals surface area contributed by atoms with Crippen molar-refractivity contribution in [1.82, 2.24) is 4.98 Å². The van der Waals surface area contributed by atoms with Crippen molar-refractivity contribution < 1.29 is 14.3 Å². The van der Waals surface area contributed by atoms with E-state index in [1.54, 1.807) is 12.1 Å². The van der Waals surface area contributed by atoms with Gasteiger partial charge in [0.1, 0.15) is 0 Å². The maximum absolute atomic E-state index is 11.2. The third-order valence-corrected chi connectivity index (χ3v) is 2.28. The highest BCUT2D eigenvalue weighted by Gasteiger charge is 2.12. The first-order valence-electron chi connectivity index (χ1n) is 3.48. The molecule has 0 aliphatic heterocycles. The van der Waals surface area contributed by atoms with E-state index in [0.29, 0.717) is 5.88 Å². The van der Waals surface area contributed by atoms with Crippen LogP contribution in [0.5, 0.6) is 5.88 Å². The first kappa shape index (κ1) is 10.2. The van der Waals surface area contributed by atoms with Gasteiger partial charge in [-0.2, -0.15) is 0 Å². The molecule has 1 aromatic rings. The quantitative estimate of drug-likeness (QED) is 0.612. The minimum Gasteiger partial charge on any atom is -0.481 e. The summed E-state index contributed by atoms with van der Waals surface area (Å²) in [4.78, 5) is 15.1. The van der Waals surface area contributed by atoms with Gasteiger partial charge in [0.15, 0.2) is 5.69 Å². The van der Waals surface area contributed by atoms with Crippen molar-refractivity contribution in [3.05, 3.63) is 21.4 Å². The maximum atomic E-state index is 11.2. The number of aromatic nitrogens is 1. The van der Waals surface area contributed by atoms with Crippen LogP contribution in [-0.2, 0) is 4.74 Å². The van der Waals surface area contributed by atoms with Gasteiger partial charge in [-0.3, -0.25) is 0 Å². The average Bonchev–Trinajstić information content (AvgIpc) is 2.17. The highest BCUT2D eigenvalue weighted by molar-refractivity contribution is 14.1. The molecule has 0 unspecified atom stereocenters. The van der Waals surface area contributed by atoms with E-state index in [4.69, 9.17) is 4.74 Å². The molecule has 0 aromatic carbocycles. The van der Waals surface area contributed by atoms with Crippen molar-refractivity contribution in [1.29, 1.82) is 0 Å². The number of carbonyl (C=O) groups is 1. The lowest BCUT2D eigenvalue weighted by molar-refractivity contribution is 0.0591. The van der Waals surface area contributed by atoms with Crippen LogP contribution >= 0.6 is 22.6 Å². The van der Waals surface area contributed by atoms with Crippen molar-refractivity contribution in [3.8, 4) is 5.88 Å². The van der Waals surface area contributed by atoms with E-state index in [2.05, 4.69) is 9.72 Å². The lowest BCUT2D eigenvalue weighted by Crippen LogP contribution is -2.07. The molecule has 13 heavy (non-hydrogen) atoms. The van der Waals surface area contributed by atoms with Gasteiger partial charge < -0.3 is 9.47 Å². The minimum atomic E-state index is -0.455. The Labute approximate surface area is 89.4 Å². The number of hydrogen-bond acceptors (Lipinski definition) is 4. The maximum Gasteiger partial charge on any atom is 0.357 e. The molecule has 5 heteroatoms. The van der Waals surface area contributed by atoms with Crippen LogP contribution in [-0.4, -0.2) is 25.2 Å². The van der Waals surface area contributed by atoms with Crippen LogP contribution in [0, 0.1) is 3.57 Å². The lowest BCUT2D eigenvalue weighted by Gasteiger charge is -2.03. The fourth-order valence-electron chi connectivity index (χ4n) is 0.778. The standard InChI is InChI=1S/C8H8INO3/c1-12-6-4-3-5(9)7(10-6)8(11)13-2/h3-4H,1-2H3. The Hall–Kier alpha value is -0.850. The average molecular weight is 293 g/mol. The molecule has 0 saturated carbocycles. The molecule has 1 aromatic heterocycles. The van der Waals surface area contributed by atoms with E-state index in [9.17, 15) is 4.79 Å². The highest BCUT2D eigenvalue weighted by Crippen LogP contribution is 2.15. The Morgan fingerprint density at radius 3 is 2.69 bits per heavy atom. The van der Waals surface area contributed by atoms with Gasteiger partial charge in [-0.1, -0.05) is 0 Å². The van der Waals surface area contributed by atoms with Crippen LogP contribution in [0.3, 0.4) is 0 Å². The van der Waals surface area contributed by atoms with Crippen LogP contribution in [0.25, 0.3) is 0 Å². The molecule has 0 aliphatic rings. The zero-order valence-electron chi connectivity index (χ0n) is 7.20. The Morgan fingerprint density at radius 2 is 2.15 bits per heavy atom. The van der Waals surface area contributed by atoms with Crippen LogP contribution in [0.1, 0.15) is 10.5 Å². The molecule has 1 rings (SSSR count). The second-order valence-electron chi connectivity index (χ2n) is 2.18. The Balaban J connectivity index is 3.11. The number of nitrogens with zero attached hydrogens (tertiary/aromatic N) is 1. The van der Waals surface area contributed by atoms with E-state index >= 15 is 0 Å². The van der Waals surface area contributed by atoms with E-state index in [0.717, 1.165) is 3.57 Å². The zero-order valence-corrected chi connectivity index (χ0v) is 9.36. The zero-order chi connectivity index (χ0) is 9.84. The van der Waals surface area contributed by atoms with Crippen LogP contribution in [0.15, 0.2) is 12.1 Å². The largest absolute Gasteiger partial charge is 0.481 e. The topological polar surface area (TPSA) is 48.4 Å². The molecule has 0 aliphatic carbocycles. The lowest BCUT2D eigenvalue weighted by atomic mass is 10.3. The van der Waals surface area contributed by atoms with E-state index in [1.165, 1.54) is 14.2 Å². The second-order valence-corrected chi connectivity index (χ2v) is 3.34. The van der Waals surface area contributed by atoms with Crippen molar-refractivity contribution in [2.24, 2.45) is 0 Å². The van der Waals surface area contributed by atoms with Crippen molar-refractivity contribution in [2.45, 2.75) is 0 Å². The number of rotatable bonds is 2. The van der Waals surface area contributed by atoms with Gasteiger partial charge >= 0.3 is 5.97 Å². The van der Waals surface area contributed by atoms with Gasteiger partial charge in [0.2, 0.25) is 5.88 Å².